The van der Waals surface area contributed by atoms with Crippen LogP contribution in [-0.2, 0) is 11.2 Å². The summed E-state index contributed by atoms with van der Waals surface area (Å²) >= 11 is 15.4. The molecule has 0 saturated carbocycles. The largest absolute Gasteiger partial charge is 0.325 e. The van der Waals surface area contributed by atoms with Crippen molar-refractivity contribution in [3.63, 3.8) is 0 Å². The molecule has 4 aromatic rings. The highest BCUT2D eigenvalue weighted by Gasteiger charge is 2.13. The number of thioether (sulfide) groups is 1. The van der Waals surface area contributed by atoms with Crippen molar-refractivity contribution >= 4 is 68.7 Å². The maximum Gasteiger partial charge on any atom is 0.234 e. The lowest BCUT2D eigenvalue weighted by molar-refractivity contribution is -0.113. The molecule has 0 aliphatic carbocycles. The molecule has 1 aromatic heterocycles. The predicted octanol–water partition coefficient (Wildman–Crippen LogP) is 7.23. The molecule has 0 saturated heterocycles. The van der Waals surface area contributed by atoms with E-state index >= 15 is 0 Å². The SMILES string of the molecule is Cc1nc(SCC(=O)Nc2cccc3ccccc23)sc1Cc1cc(Cl)ccc1Cl. The Hall–Kier alpha value is -2.05. The number of aryl methyl sites for hydroxylation is 1. The average molecular weight is 473 g/mol. The highest BCUT2D eigenvalue weighted by atomic mass is 35.5. The fraction of sp³-hybridized carbons (Fsp3) is 0.130. The van der Waals surface area contributed by atoms with E-state index in [4.69, 9.17) is 23.2 Å². The second kappa shape index (κ2) is 9.40. The Balaban J connectivity index is 1.41. The van der Waals surface area contributed by atoms with Gasteiger partial charge in [-0.25, -0.2) is 4.98 Å². The van der Waals surface area contributed by atoms with Crippen LogP contribution >= 0.6 is 46.3 Å². The van der Waals surface area contributed by atoms with Gasteiger partial charge < -0.3 is 5.32 Å². The van der Waals surface area contributed by atoms with Crippen LogP contribution in [0.5, 0.6) is 0 Å². The summed E-state index contributed by atoms with van der Waals surface area (Å²) in [6.45, 7) is 1.98. The molecule has 1 heterocycles. The van der Waals surface area contributed by atoms with Crippen molar-refractivity contribution in [1.82, 2.24) is 4.98 Å². The third-order valence-electron chi connectivity index (χ3n) is 4.62. The highest BCUT2D eigenvalue weighted by molar-refractivity contribution is 8.01. The molecule has 3 aromatic carbocycles. The fourth-order valence-electron chi connectivity index (χ4n) is 3.13. The number of hydrogen-bond acceptors (Lipinski definition) is 4. The molecule has 1 amide bonds. The molecular weight excluding hydrogens is 455 g/mol. The first-order valence-electron chi connectivity index (χ1n) is 9.30. The van der Waals surface area contributed by atoms with E-state index in [-0.39, 0.29) is 5.91 Å². The number of anilines is 1. The second-order valence-electron chi connectivity index (χ2n) is 6.76. The molecule has 0 bridgehead atoms. The number of fused-ring (bicyclic) bond motifs is 1. The zero-order valence-electron chi connectivity index (χ0n) is 16.1. The second-order valence-corrected chi connectivity index (χ2v) is 9.91. The van der Waals surface area contributed by atoms with Crippen molar-refractivity contribution in [1.29, 1.82) is 0 Å². The molecule has 0 spiro atoms. The summed E-state index contributed by atoms with van der Waals surface area (Å²) in [5.74, 6) is 0.247. The summed E-state index contributed by atoms with van der Waals surface area (Å²) in [4.78, 5) is 18.2. The zero-order chi connectivity index (χ0) is 21.1. The first-order chi connectivity index (χ1) is 14.5. The monoisotopic (exact) mass is 472 g/mol. The number of amides is 1. The minimum Gasteiger partial charge on any atom is -0.325 e. The van der Waals surface area contributed by atoms with Crippen LogP contribution in [0.3, 0.4) is 0 Å². The molecule has 0 radical (unpaired) electrons. The molecular formula is C23H18Cl2N2OS2. The minimum atomic E-state index is -0.0522. The van der Waals surface area contributed by atoms with Gasteiger partial charge in [0.25, 0.3) is 0 Å². The number of aromatic nitrogens is 1. The van der Waals surface area contributed by atoms with Crippen molar-refractivity contribution < 1.29 is 4.79 Å². The third-order valence-corrected chi connectivity index (χ3v) is 7.53. The van der Waals surface area contributed by atoms with Crippen LogP contribution < -0.4 is 5.32 Å². The first-order valence-corrected chi connectivity index (χ1v) is 11.9. The van der Waals surface area contributed by atoms with Gasteiger partial charge in [0.2, 0.25) is 5.91 Å². The quantitative estimate of drug-likeness (QED) is 0.300. The van der Waals surface area contributed by atoms with E-state index in [9.17, 15) is 4.79 Å². The van der Waals surface area contributed by atoms with Crippen LogP contribution in [0.1, 0.15) is 16.1 Å². The lowest BCUT2D eigenvalue weighted by Gasteiger charge is -2.08. The smallest absolute Gasteiger partial charge is 0.234 e. The van der Waals surface area contributed by atoms with E-state index in [1.807, 2.05) is 61.5 Å². The molecule has 7 heteroatoms. The minimum absolute atomic E-state index is 0.0522. The number of carbonyl (C=O) groups is 1. The van der Waals surface area contributed by atoms with E-state index in [1.54, 1.807) is 17.4 Å². The summed E-state index contributed by atoms with van der Waals surface area (Å²) in [7, 11) is 0. The molecule has 1 N–H and O–H groups in total. The van der Waals surface area contributed by atoms with Crippen molar-refractivity contribution in [3.05, 3.63) is 86.8 Å². The Morgan fingerprint density at radius 3 is 2.77 bits per heavy atom. The zero-order valence-corrected chi connectivity index (χ0v) is 19.3. The molecule has 152 valence electrons. The maximum absolute atomic E-state index is 12.5. The van der Waals surface area contributed by atoms with Crippen LogP contribution in [0.4, 0.5) is 5.69 Å². The van der Waals surface area contributed by atoms with Crippen molar-refractivity contribution in [2.24, 2.45) is 0 Å². The number of carbonyl (C=O) groups excluding carboxylic acids is 1. The summed E-state index contributed by atoms with van der Waals surface area (Å²) in [6, 6.07) is 19.4. The van der Waals surface area contributed by atoms with Gasteiger partial charge in [0.05, 0.1) is 11.4 Å². The van der Waals surface area contributed by atoms with Gasteiger partial charge in [-0.05, 0) is 42.1 Å². The van der Waals surface area contributed by atoms with Crippen molar-refractivity contribution in [3.8, 4) is 0 Å². The number of rotatable bonds is 6. The fourth-order valence-corrected chi connectivity index (χ4v) is 5.56. The van der Waals surface area contributed by atoms with Gasteiger partial charge in [-0.15, -0.1) is 11.3 Å². The lowest BCUT2D eigenvalue weighted by Crippen LogP contribution is -2.14. The van der Waals surface area contributed by atoms with Gasteiger partial charge >= 0.3 is 0 Å². The molecule has 0 aliphatic rings. The Labute approximate surface area is 193 Å². The number of benzene rings is 3. The Kier molecular flexibility index (Phi) is 6.64. The van der Waals surface area contributed by atoms with E-state index in [0.29, 0.717) is 22.2 Å². The van der Waals surface area contributed by atoms with Gasteiger partial charge in [0.15, 0.2) is 4.34 Å². The van der Waals surface area contributed by atoms with E-state index in [1.165, 1.54) is 11.8 Å². The summed E-state index contributed by atoms with van der Waals surface area (Å²) in [5.41, 5.74) is 2.75. The van der Waals surface area contributed by atoms with Gasteiger partial charge in [-0.2, -0.15) is 0 Å². The highest BCUT2D eigenvalue weighted by Crippen LogP contribution is 2.31. The molecule has 0 fully saturated rings. The molecule has 0 unspecified atom stereocenters. The number of halogens is 2. The van der Waals surface area contributed by atoms with Crippen LogP contribution in [0.15, 0.2) is 65.0 Å². The van der Waals surface area contributed by atoms with Gasteiger partial charge in [0.1, 0.15) is 0 Å². The number of thiazole rings is 1. The van der Waals surface area contributed by atoms with E-state index in [0.717, 1.165) is 36.9 Å². The van der Waals surface area contributed by atoms with Gasteiger partial charge in [-0.3, -0.25) is 4.79 Å². The summed E-state index contributed by atoms with van der Waals surface area (Å²) in [6.07, 6.45) is 0.672. The third kappa shape index (κ3) is 4.98. The van der Waals surface area contributed by atoms with E-state index in [2.05, 4.69) is 10.3 Å². The predicted molar refractivity (Wildman–Crippen MR) is 129 cm³/mol. The number of hydrogen-bond donors (Lipinski definition) is 1. The Bertz CT molecular complexity index is 1220. The molecule has 0 aliphatic heterocycles. The van der Waals surface area contributed by atoms with Gasteiger partial charge in [0, 0.05) is 32.4 Å². The topological polar surface area (TPSA) is 42.0 Å². The maximum atomic E-state index is 12.5. The van der Waals surface area contributed by atoms with Crippen LogP contribution in [0, 0.1) is 6.92 Å². The molecule has 3 nitrogen and oxygen atoms in total. The first kappa shape index (κ1) is 21.2. The Morgan fingerprint density at radius 2 is 1.90 bits per heavy atom. The molecule has 0 atom stereocenters. The normalized spacial score (nSPS) is 11.0. The van der Waals surface area contributed by atoms with E-state index < -0.39 is 0 Å². The Morgan fingerprint density at radius 1 is 1.10 bits per heavy atom. The lowest BCUT2D eigenvalue weighted by atomic mass is 10.1. The standard InChI is InChI=1S/C23H18Cl2N2OS2/c1-14-21(12-16-11-17(24)9-10-19(16)25)30-23(26-14)29-13-22(28)27-20-8-4-6-15-5-2-3-7-18(15)20/h2-11H,12-13H2,1H3,(H,27,28). The van der Waals surface area contributed by atoms with Crippen LogP contribution in [-0.4, -0.2) is 16.6 Å². The number of nitrogens with one attached hydrogen (secondary N) is 1. The van der Waals surface area contributed by atoms with Crippen LogP contribution in [0.2, 0.25) is 10.0 Å². The molecule has 4 rings (SSSR count). The van der Waals surface area contributed by atoms with Crippen LogP contribution in [0.25, 0.3) is 10.8 Å². The van der Waals surface area contributed by atoms with Crippen molar-refractivity contribution in [2.45, 2.75) is 17.7 Å². The summed E-state index contributed by atoms with van der Waals surface area (Å²) in [5, 5.41) is 6.50. The molecule has 30 heavy (non-hydrogen) atoms. The van der Waals surface area contributed by atoms with Gasteiger partial charge in [-0.1, -0.05) is 71.4 Å². The van der Waals surface area contributed by atoms with Crippen molar-refractivity contribution in [2.75, 3.05) is 11.1 Å². The average Bonchev–Trinajstić information content (AvgIpc) is 3.09. The summed E-state index contributed by atoms with van der Waals surface area (Å²) < 4.78 is 0.869. The number of nitrogens with zero attached hydrogens (tertiary/aromatic N) is 1.